The number of aromatic carboxylic acids is 1. The van der Waals surface area contributed by atoms with E-state index < -0.39 is 5.97 Å². The molecular weight excluding hydrogens is 256 g/mol. The van der Waals surface area contributed by atoms with E-state index in [1.54, 1.807) is 37.3 Å². The third-order valence-electron chi connectivity index (χ3n) is 3.10. The van der Waals surface area contributed by atoms with Gasteiger partial charge in [-0.2, -0.15) is 0 Å². The molecule has 104 valence electrons. The van der Waals surface area contributed by atoms with Crippen LogP contribution in [0.15, 0.2) is 30.3 Å². The van der Waals surface area contributed by atoms with Gasteiger partial charge in [0.15, 0.2) is 0 Å². The van der Waals surface area contributed by atoms with Crippen LogP contribution in [0.25, 0.3) is 0 Å². The summed E-state index contributed by atoms with van der Waals surface area (Å²) in [6.07, 6.45) is 0. The maximum absolute atomic E-state index is 11.1. The van der Waals surface area contributed by atoms with Crippen LogP contribution in [0.5, 0.6) is 5.75 Å². The lowest BCUT2D eigenvalue weighted by molar-refractivity contribution is 0.0696. The zero-order chi connectivity index (χ0) is 14.7. The van der Waals surface area contributed by atoms with Crippen LogP contribution in [-0.4, -0.2) is 21.2 Å². The summed E-state index contributed by atoms with van der Waals surface area (Å²) in [6.45, 7) is 3.92. The van der Waals surface area contributed by atoms with E-state index in [4.69, 9.17) is 5.11 Å². The molecule has 5 nitrogen and oxygen atoms in total. The number of nitrogens with one attached hydrogen (secondary N) is 1. The molecule has 0 spiro atoms. The fraction of sp³-hybridized carbons (Fsp3) is 0.200. The molecule has 0 radical (unpaired) electrons. The van der Waals surface area contributed by atoms with Crippen LogP contribution in [-0.2, 0) is 6.54 Å². The van der Waals surface area contributed by atoms with Crippen LogP contribution in [0, 0.1) is 13.8 Å². The number of aromatic nitrogens is 1. The second-order valence-electron chi connectivity index (χ2n) is 4.56. The van der Waals surface area contributed by atoms with Crippen LogP contribution < -0.4 is 5.32 Å². The smallest absolute Gasteiger partial charge is 0.336 e. The number of anilines is 1. The number of carbonyl (C=O) groups is 1. The standard InChI is InChI=1S/C15H16N2O3/c1-9-6-7-14(18)13(17-9)8-16-12-5-3-4-11(10(12)2)15(19)20/h3-7,16,18H,8H2,1-2H3,(H,19,20). The van der Waals surface area contributed by atoms with E-state index >= 15 is 0 Å². The number of aromatic hydroxyl groups is 1. The predicted octanol–water partition coefficient (Wildman–Crippen LogP) is 2.71. The van der Waals surface area contributed by atoms with Crippen molar-refractivity contribution >= 4 is 11.7 Å². The number of hydrogen-bond donors (Lipinski definition) is 3. The summed E-state index contributed by atoms with van der Waals surface area (Å²) < 4.78 is 0. The van der Waals surface area contributed by atoms with Gasteiger partial charge in [-0.25, -0.2) is 4.79 Å². The second-order valence-corrected chi connectivity index (χ2v) is 4.56. The molecule has 0 amide bonds. The van der Waals surface area contributed by atoms with Crippen LogP contribution in [0.1, 0.15) is 27.3 Å². The van der Waals surface area contributed by atoms with E-state index in [-0.39, 0.29) is 11.3 Å². The lowest BCUT2D eigenvalue weighted by atomic mass is 10.1. The highest BCUT2D eigenvalue weighted by molar-refractivity contribution is 5.91. The Bertz CT molecular complexity index is 654. The first-order chi connectivity index (χ1) is 9.49. The molecule has 2 rings (SSSR count). The van der Waals surface area contributed by atoms with Gasteiger partial charge < -0.3 is 15.5 Å². The highest BCUT2D eigenvalue weighted by Crippen LogP contribution is 2.21. The topological polar surface area (TPSA) is 82.5 Å². The summed E-state index contributed by atoms with van der Waals surface area (Å²) in [6, 6.07) is 8.37. The molecule has 0 saturated carbocycles. The fourth-order valence-corrected chi connectivity index (χ4v) is 1.97. The van der Waals surface area contributed by atoms with E-state index in [0.717, 1.165) is 5.69 Å². The molecule has 0 bridgehead atoms. The highest BCUT2D eigenvalue weighted by atomic mass is 16.4. The number of pyridine rings is 1. The van der Waals surface area contributed by atoms with Gasteiger partial charge in [-0.1, -0.05) is 6.07 Å². The molecule has 0 fully saturated rings. The molecule has 2 aromatic rings. The number of benzene rings is 1. The molecular formula is C15H16N2O3. The molecule has 20 heavy (non-hydrogen) atoms. The van der Waals surface area contributed by atoms with E-state index in [2.05, 4.69) is 10.3 Å². The Morgan fingerprint density at radius 1 is 1.25 bits per heavy atom. The van der Waals surface area contributed by atoms with Crippen LogP contribution in [0.2, 0.25) is 0 Å². The third kappa shape index (κ3) is 2.88. The molecule has 0 unspecified atom stereocenters. The minimum Gasteiger partial charge on any atom is -0.506 e. The van der Waals surface area contributed by atoms with Crippen LogP contribution >= 0.6 is 0 Å². The van der Waals surface area contributed by atoms with Crippen LogP contribution in [0.4, 0.5) is 5.69 Å². The molecule has 3 N–H and O–H groups in total. The maximum Gasteiger partial charge on any atom is 0.336 e. The van der Waals surface area contributed by atoms with Crippen molar-refractivity contribution in [3.05, 3.63) is 52.8 Å². The van der Waals surface area contributed by atoms with Crippen LogP contribution in [0.3, 0.4) is 0 Å². The monoisotopic (exact) mass is 272 g/mol. The number of rotatable bonds is 4. The summed E-state index contributed by atoms with van der Waals surface area (Å²) in [4.78, 5) is 15.3. The van der Waals surface area contributed by atoms with E-state index in [0.29, 0.717) is 23.5 Å². The summed E-state index contributed by atoms with van der Waals surface area (Å²) in [5, 5.41) is 21.9. The quantitative estimate of drug-likeness (QED) is 0.797. The number of aryl methyl sites for hydroxylation is 1. The maximum atomic E-state index is 11.1. The van der Waals surface area contributed by atoms with Gasteiger partial charge in [-0.05, 0) is 43.7 Å². The fourth-order valence-electron chi connectivity index (χ4n) is 1.97. The SMILES string of the molecule is Cc1ccc(O)c(CNc2cccc(C(=O)O)c2C)n1. The molecule has 0 aliphatic rings. The van der Waals surface area contributed by atoms with Crippen molar-refractivity contribution in [1.82, 2.24) is 4.98 Å². The predicted molar refractivity (Wildman–Crippen MR) is 76.1 cm³/mol. The number of nitrogens with zero attached hydrogens (tertiary/aromatic N) is 1. The minimum atomic E-state index is -0.956. The zero-order valence-corrected chi connectivity index (χ0v) is 11.3. The Labute approximate surface area is 116 Å². The molecule has 1 aromatic carbocycles. The Balaban J connectivity index is 2.21. The summed E-state index contributed by atoms with van der Waals surface area (Å²) in [7, 11) is 0. The van der Waals surface area contributed by atoms with E-state index in [1.807, 2.05) is 6.92 Å². The number of carboxylic acid groups (broad SMARTS) is 1. The van der Waals surface area contributed by atoms with E-state index in [9.17, 15) is 9.90 Å². The Morgan fingerprint density at radius 2 is 2.00 bits per heavy atom. The van der Waals surface area contributed by atoms with Crippen molar-refractivity contribution < 1.29 is 15.0 Å². The van der Waals surface area contributed by atoms with Crippen molar-refractivity contribution in [3.63, 3.8) is 0 Å². The van der Waals surface area contributed by atoms with E-state index in [1.165, 1.54) is 0 Å². The first-order valence-electron chi connectivity index (χ1n) is 6.21. The van der Waals surface area contributed by atoms with Gasteiger partial charge in [0.2, 0.25) is 0 Å². The molecule has 1 aromatic heterocycles. The molecule has 5 heteroatoms. The van der Waals surface area contributed by atoms with Crippen molar-refractivity contribution in [3.8, 4) is 5.75 Å². The Morgan fingerprint density at radius 3 is 2.70 bits per heavy atom. The van der Waals surface area contributed by atoms with Gasteiger partial charge in [0.1, 0.15) is 11.4 Å². The molecule has 0 saturated heterocycles. The van der Waals surface area contributed by atoms with Gasteiger partial charge in [0.05, 0.1) is 12.1 Å². The molecule has 1 heterocycles. The lowest BCUT2D eigenvalue weighted by Gasteiger charge is -2.12. The number of hydrogen-bond acceptors (Lipinski definition) is 4. The Hall–Kier alpha value is -2.56. The van der Waals surface area contributed by atoms with Crippen molar-refractivity contribution in [1.29, 1.82) is 0 Å². The average molecular weight is 272 g/mol. The molecule has 0 aliphatic heterocycles. The average Bonchev–Trinajstić information content (AvgIpc) is 2.41. The number of carboxylic acids is 1. The van der Waals surface area contributed by atoms with Crippen molar-refractivity contribution in [2.45, 2.75) is 20.4 Å². The van der Waals surface area contributed by atoms with Gasteiger partial charge in [0.25, 0.3) is 0 Å². The summed E-state index contributed by atoms with van der Waals surface area (Å²) in [5.74, 6) is -0.835. The molecule has 0 aliphatic carbocycles. The molecule has 0 atom stereocenters. The third-order valence-corrected chi connectivity index (χ3v) is 3.10. The van der Waals surface area contributed by atoms with Gasteiger partial charge in [-0.3, -0.25) is 4.98 Å². The zero-order valence-electron chi connectivity index (χ0n) is 11.3. The Kier molecular flexibility index (Phi) is 3.89. The van der Waals surface area contributed by atoms with Gasteiger partial charge in [0, 0.05) is 11.4 Å². The largest absolute Gasteiger partial charge is 0.506 e. The van der Waals surface area contributed by atoms with Gasteiger partial charge in [-0.15, -0.1) is 0 Å². The van der Waals surface area contributed by atoms with Crippen molar-refractivity contribution in [2.75, 3.05) is 5.32 Å². The lowest BCUT2D eigenvalue weighted by Crippen LogP contribution is -2.07. The summed E-state index contributed by atoms with van der Waals surface area (Å²) >= 11 is 0. The second kappa shape index (κ2) is 5.61. The highest BCUT2D eigenvalue weighted by Gasteiger charge is 2.10. The first-order valence-corrected chi connectivity index (χ1v) is 6.21. The first kappa shape index (κ1) is 13.9. The minimum absolute atomic E-state index is 0.121. The summed E-state index contributed by atoms with van der Waals surface area (Å²) in [5.41, 5.74) is 2.98. The van der Waals surface area contributed by atoms with Gasteiger partial charge >= 0.3 is 5.97 Å². The van der Waals surface area contributed by atoms with Crippen molar-refractivity contribution in [2.24, 2.45) is 0 Å². The normalized spacial score (nSPS) is 10.3.